The number of carbonyl (C=O) groups excluding carboxylic acids is 1. The van der Waals surface area contributed by atoms with Crippen LogP contribution in [0.3, 0.4) is 0 Å². The molecule has 0 fully saturated rings. The summed E-state index contributed by atoms with van der Waals surface area (Å²) in [5, 5.41) is 0.937. The van der Waals surface area contributed by atoms with Gasteiger partial charge in [-0.25, -0.2) is 0 Å². The molecule has 116 valence electrons. The minimum Gasteiger partial charge on any atom is -0.368 e. The molecule has 2 aromatic carbocycles. The topological polar surface area (TPSA) is 79.2 Å². The number of pyridine rings is 1. The number of hydrogen-bond acceptors (Lipinski definition) is 3. The van der Waals surface area contributed by atoms with Crippen LogP contribution in [0.2, 0.25) is 0 Å². The summed E-state index contributed by atoms with van der Waals surface area (Å²) in [7, 11) is 0. The van der Waals surface area contributed by atoms with Gasteiger partial charge >= 0.3 is 0 Å². The Morgan fingerprint density at radius 3 is 2.52 bits per heavy atom. The molecule has 0 saturated carbocycles. The molecule has 0 saturated heterocycles. The molecule has 3 aromatic rings. The molecule has 3 N–H and O–H groups in total. The van der Waals surface area contributed by atoms with Crippen LogP contribution in [0.25, 0.3) is 10.9 Å². The third-order valence-electron chi connectivity index (χ3n) is 3.64. The molecule has 23 heavy (non-hydrogen) atoms. The number of amides is 1. The summed E-state index contributed by atoms with van der Waals surface area (Å²) in [5.41, 5.74) is 7.88. The van der Waals surface area contributed by atoms with Crippen LogP contribution in [-0.4, -0.2) is 17.4 Å². The number of anilines is 1. The molecule has 5 nitrogen and oxygen atoms in total. The molecule has 0 bridgehead atoms. The first kappa shape index (κ1) is 14.8. The van der Waals surface area contributed by atoms with Crippen LogP contribution >= 0.6 is 0 Å². The van der Waals surface area contributed by atoms with Gasteiger partial charge in [0.1, 0.15) is 0 Å². The first-order valence-electron chi connectivity index (χ1n) is 7.32. The van der Waals surface area contributed by atoms with Crippen LogP contribution < -0.4 is 16.2 Å². The Morgan fingerprint density at radius 1 is 1.04 bits per heavy atom. The molecule has 1 heterocycles. The number of nitrogens with one attached hydrogen (secondary N) is 1. The lowest BCUT2D eigenvalue weighted by molar-refractivity contribution is -0.116. The van der Waals surface area contributed by atoms with E-state index in [1.807, 2.05) is 53.4 Å². The second kappa shape index (κ2) is 6.36. The normalized spacial score (nSPS) is 10.6. The number of nitrogens with zero attached hydrogens (tertiary/aromatic N) is 1. The van der Waals surface area contributed by atoms with E-state index >= 15 is 0 Å². The average molecular weight is 307 g/mol. The maximum Gasteiger partial charge on any atom is 0.248 e. The van der Waals surface area contributed by atoms with Gasteiger partial charge in [-0.05, 0) is 29.1 Å². The Labute approximate surface area is 133 Å². The lowest BCUT2D eigenvalue weighted by Crippen LogP contribution is -2.33. The number of rotatable bonds is 5. The number of aromatic amines is 1. The summed E-state index contributed by atoms with van der Waals surface area (Å²) < 4.78 is 0. The average Bonchev–Trinajstić information content (AvgIpc) is 2.54. The van der Waals surface area contributed by atoms with Crippen molar-refractivity contribution in [2.45, 2.75) is 6.54 Å². The van der Waals surface area contributed by atoms with Crippen molar-refractivity contribution in [3.63, 3.8) is 0 Å². The van der Waals surface area contributed by atoms with E-state index in [4.69, 9.17) is 5.73 Å². The maximum atomic E-state index is 11.5. The van der Waals surface area contributed by atoms with Crippen LogP contribution in [0.5, 0.6) is 0 Å². The standard InChI is InChI=1S/C18H17N3O2/c19-17(22)12-21(11-13-4-2-1-3-5-13)15-8-6-14-7-9-18(23)20-16(14)10-15/h1-10H,11-12H2,(H2,19,22)(H,20,23). The van der Waals surface area contributed by atoms with Crippen LogP contribution in [0.15, 0.2) is 65.5 Å². The van der Waals surface area contributed by atoms with Crippen molar-refractivity contribution >= 4 is 22.5 Å². The van der Waals surface area contributed by atoms with Crippen LogP contribution in [0.4, 0.5) is 5.69 Å². The van der Waals surface area contributed by atoms with E-state index in [0.29, 0.717) is 6.54 Å². The van der Waals surface area contributed by atoms with Gasteiger partial charge in [0.25, 0.3) is 0 Å². The summed E-state index contributed by atoms with van der Waals surface area (Å²) in [6.07, 6.45) is 0. The second-order valence-corrected chi connectivity index (χ2v) is 5.40. The number of carbonyl (C=O) groups is 1. The number of nitrogens with two attached hydrogens (primary N) is 1. The number of hydrogen-bond donors (Lipinski definition) is 2. The van der Waals surface area contributed by atoms with Crippen molar-refractivity contribution in [1.82, 2.24) is 4.98 Å². The number of primary amides is 1. The van der Waals surface area contributed by atoms with Gasteiger partial charge < -0.3 is 15.6 Å². The van der Waals surface area contributed by atoms with Gasteiger partial charge in [0, 0.05) is 18.3 Å². The molecular formula is C18H17N3O2. The van der Waals surface area contributed by atoms with Crippen molar-refractivity contribution in [1.29, 1.82) is 0 Å². The van der Waals surface area contributed by atoms with Crippen molar-refractivity contribution < 1.29 is 4.79 Å². The zero-order chi connectivity index (χ0) is 16.2. The van der Waals surface area contributed by atoms with E-state index < -0.39 is 5.91 Å². The van der Waals surface area contributed by atoms with Gasteiger partial charge in [-0.15, -0.1) is 0 Å². The van der Waals surface area contributed by atoms with Crippen LogP contribution in [0.1, 0.15) is 5.56 Å². The van der Waals surface area contributed by atoms with Gasteiger partial charge in [0.15, 0.2) is 0 Å². The third-order valence-corrected chi connectivity index (χ3v) is 3.64. The second-order valence-electron chi connectivity index (χ2n) is 5.40. The molecule has 1 aromatic heterocycles. The van der Waals surface area contributed by atoms with Gasteiger partial charge in [-0.2, -0.15) is 0 Å². The fourth-order valence-corrected chi connectivity index (χ4v) is 2.56. The third kappa shape index (κ3) is 3.58. The summed E-state index contributed by atoms with van der Waals surface area (Å²) in [6, 6.07) is 18.8. The van der Waals surface area contributed by atoms with E-state index in [2.05, 4.69) is 4.98 Å². The molecule has 0 aliphatic rings. The highest BCUT2D eigenvalue weighted by Gasteiger charge is 2.11. The van der Waals surface area contributed by atoms with E-state index in [1.54, 1.807) is 6.07 Å². The first-order chi connectivity index (χ1) is 11.1. The fraction of sp³-hybridized carbons (Fsp3) is 0.111. The molecule has 3 rings (SSSR count). The number of benzene rings is 2. The van der Waals surface area contributed by atoms with Crippen LogP contribution in [0, 0.1) is 0 Å². The molecule has 0 unspecified atom stereocenters. The Kier molecular flexibility index (Phi) is 4.10. The lowest BCUT2D eigenvalue weighted by Gasteiger charge is -2.23. The van der Waals surface area contributed by atoms with Crippen molar-refractivity contribution in [3.8, 4) is 0 Å². The fourth-order valence-electron chi connectivity index (χ4n) is 2.56. The van der Waals surface area contributed by atoms with E-state index in [0.717, 1.165) is 22.2 Å². The van der Waals surface area contributed by atoms with E-state index in [1.165, 1.54) is 6.07 Å². The maximum absolute atomic E-state index is 11.5. The molecule has 1 amide bonds. The minimum absolute atomic E-state index is 0.109. The predicted octanol–water partition coefficient (Wildman–Crippen LogP) is 2.02. The zero-order valence-corrected chi connectivity index (χ0v) is 12.5. The zero-order valence-electron chi connectivity index (χ0n) is 12.5. The molecular weight excluding hydrogens is 290 g/mol. The molecule has 0 aliphatic heterocycles. The highest BCUT2D eigenvalue weighted by molar-refractivity contribution is 5.84. The van der Waals surface area contributed by atoms with Crippen molar-refractivity contribution in [2.75, 3.05) is 11.4 Å². The molecule has 0 spiro atoms. The van der Waals surface area contributed by atoms with Crippen LogP contribution in [-0.2, 0) is 11.3 Å². The number of aromatic nitrogens is 1. The Bertz CT molecular complexity index is 887. The largest absolute Gasteiger partial charge is 0.368 e. The quantitative estimate of drug-likeness (QED) is 0.757. The smallest absolute Gasteiger partial charge is 0.248 e. The molecule has 0 atom stereocenters. The van der Waals surface area contributed by atoms with E-state index in [9.17, 15) is 9.59 Å². The van der Waals surface area contributed by atoms with Gasteiger partial charge in [-0.3, -0.25) is 9.59 Å². The monoisotopic (exact) mass is 307 g/mol. The van der Waals surface area contributed by atoms with Crippen molar-refractivity contribution in [3.05, 3.63) is 76.6 Å². The summed E-state index contributed by atoms with van der Waals surface area (Å²) in [6.45, 7) is 0.670. The number of H-pyrrole nitrogens is 1. The SMILES string of the molecule is NC(=O)CN(Cc1ccccc1)c1ccc2ccc(=O)[nH]c2c1. The predicted molar refractivity (Wildman–Crippen MR) is 91.3 cm³/mol. The Hall–Kier alpha value is -3.08. The summed E-state index contributed by atoms with van der Waals surface area (Å²) in [4.78, 5) is 27.6. The van der Waals surface area contributed by atoms with E-state index in [-0.39, 0.29) is 12.1 Å². The first-order valence-corrected chi connectivity index (χ1v) is 7.32. The highest BCUT2D eigenvalue weighted by atomic mass is 16.1. The van der Waals surface area contributed by atoms with Gasteiger partial charge in [0.05, 0.1) is 12.1 Å². The van der Waals surface area contributed by atoms with Gasteiger partial charge in [-0.1, -0.05) is 36.4 Å². The molecule has 0 radical (unpaired) electrons. The highest BCUT2D eigenvalue weighted by Crippen LogP contribution is 2.21. The summed E-state index contributed by atoms with van der Waals surface area (Å²) in [5.74, 6) is -0.400. The molecule has 0 aliphatic carbocycles. The summed E-state index contributed by atoms with van der Waals surface area (Å²) >= 11 is 0. The number of fused-ring (bicyclic) bond motifs is 1. The molecule has 5 heteroatoms. The van der Waals surface area contributed by atoms with Crippen molar-refractivity contribution in [2.24, 2.45) is 5.73 Å². The Balaban J connectivity index is 1.98. The lowest BCUT2D eigenvalue weighted by atomic mass is 10.1. The minimum atomic E-state index is -0.400. The van der Waals surface area contributed by atoms with Gasteiger partial charge in [0.2, 0.25) is 11.5 Å². The Morgan fingerprint density at radius 2 is 1.78 bits per heavy atom.